The molecule has 0 bridgehead atoms. The minimum Gasteiger partial charge on any atom is -0.294 e. The van der Waals surface area contributed by atoms with Crippen LogP contribution in [0.1, 0.15) is 25.1 Å². The van der Waals surface area contributed by atoms with Crippen LogP contribution in [0.5, 0.6) is 0 Å². The molecule has 1 heteroatoms. The molecule has 0 saturated carbocycles. The fraction of sp³-hybridized carbons (Fsp3) is 0.222. The van der Waals surface area contributed by atoms with Crippen molar-refractivity contribution in [1.82, 2.24) is 0 Å². The highest BCUT2D eigenvalue weighted by Crippen LogP contribution is 2.20. The maximum atomic E-state index is 11.2. The molecule has 0 amide bonds. The van der Waals surface area contributed by atoms with Crippen molar-refractivity contribution in [1.29, 1.82) is 0 Å². The summed E-state index contributed by atoms with van der Waals surface area (Å²) in [5.41, 5.74) is 1.08. The first-order chi connectivity index (χ1) is 5.61. The lowest BCUT2D eigenvalue weighted by Crippen LogP contribution is -1.88. The molecule has 1 aliphatic rings. The third kappa shape index (κ3) is 0.670. The van der Waals surface area contributed by atoms with E-state index < -0.39 is 6.37 Å². The van der Waals surface area contributed by atoms with Gasteiger partial charge in [0.05, 0.1) is 0 Å². The van der Waals surface area contributed by atoms with E-state index in [-0.39, 0.29) is 12.2 Å². The molecular formula is C9H8O. The summed E-state index contributed by atoms with van der Waals surface area (Å²) < 4.78 is 15.1. The van der Waals surface area contributed by atoms with Crippen molar-refractivity contribution in [2.45, 2.75) is 12.8 Å². The van der Waals surface area contributed by atoms with Crippen molar-refractivity contribution in [3.05, 3.63) is 35.4 Å². The van der Waals surface area contributed by atoms with Crippen molar-refractivity contribution in [2.24, 2.45) is 0 Å². The van der Waals surface area contributed by atoms with E-state index in [1.807, 2.05) is 0 Å². The van der Waals surface area contributed by atoms with Crippen LogP contribution in [0.15, 0.2) is 24.3 Å². The van der Waals surface area contributed by atoms with Gasteiger partial charge < -0.3 is 0 Å². The lowest BCUT2D eigenvalue weighted by atomic mass is 10.1. The van der Waals surface area contributed by atoms with Gasteiger partial charge >= 0.3 is 0 Å². The van der Waals surface area contributed by atoms with Crippen LogP contribution in [-0.2, 0) is 6.37 Å². The third-order valence-corrected chi connectivity index (χ3v) is 1.67. The van der Waals surface area contributed by atoms with E-state index in [0.717, 1.165) is 0 Å². The van der Waals surface area contributed by atoms with Gasteiger partial charge in [-0.3, -0.25) is 4.79 Å². The number of hydrogen-bond donors (Lipinski definition) is 0. The quantitative estimate of drug-likeness (QED) is 0.529. The third-order valence-electron chi connectivity index (χ3n) is 1.67. The van der Waals surface area contributed by atoms with Crippen LogP contribution in [0, 0.1) is 0 Å². The molecule has 1 aliphatic carbocycles. The van der Waals surface area contributed by atoms with E-state index in [4.69, 9.17) is 2.74 Å². The zero-order valence-corrected chi connectivity index (χ0v) is 5.42. The van der Waals surface area contributed by atoms with E-state index >= 15 is 0 Å². The molecule has 0 fully saturated rings. The van der Waals surface area contributed by atoms with Crippen LogP contribution in [0.4, 0.5) is 0 Å². The van der Waals surface area contributed by atoms with Gasteiger partial charge in [0.1, 0.15) is 0 Å². The second-order valence-corrected chi connectivity index (χ2v) is 2.32. The summed E-state index contributed by atoms with van der Waals surface area (Å²) in [6.45, 7) is 0. The van der Waals surface area contributed by atoms with Gasteiger partial charge in [-0.1, -0.05) is 24.3 Å². The Bertz CT molecular complexity index is 344. The summed E-state index contributed by atoms with van der Waals surface area (Å²) in [6.07, 6.45) is -1.46. The zero-order valence-electron chi connectivity index (χ0n) is 7.42. The minimum atomic E-state index is -1.45. The van der Waals surface area contributed by atoms with Crippen LogP contribution >= 0.6 is 0 Å². The number of rotatable bonds is 0. The Morgan fingerprint density at radius 1 is 1.40 bits per heavy atom. The number of carbonyl (C=O) groups excluding carboxylic acids is 1. The van der Waals surface area contributed by atoms with Crippen molar-refractivity contribution in [3.63, 3.8) is 0 Å². The maximum Gasteiger partial charge on any atom is 0.163 e. The molecule has 1 aromatic rings. The predicted molar refractivity (Wildman–Crippen MR) is 39.1 cm³/mol. The summed E-state index contributed by atoms with van der Waals surface area (Å²) in [5, 5.41) is 0. The Morgan fingerprint density at radius 2 is 2.20 bits per heavy atom. The van der Waals surface area contributed by atoms with Gasteiger partial charge in [0.2, 0.25) is 0 Å². The summed E-state index contributed by atoms with van der Waals surface area (Å²) in [7, 11) is 0. The molecule has 1 aromatic carbocycles. The average Bonchev–Trinajstić information content (AvgIpc) is 2.25. The van der Waals surface area contributed by atoms with Crippen LogP contribution < -0.4 is 0 Å². The molecule has 0 N–H and O–H groups in total. The molecule has 0 radical (unpaired) electrons. The normalized spacial score (nSPS) is 23.4. The molecule has 0 unspecified atom stereocenters. The molecule has 1 nitrogen and oxygen atoms in total. The zero-order chi connectivity index (χ0) is 8.77. The molecule has 0 spiro atoms. The standard InChI is InChI=1S/C9H8O/c10-9-6-5-7-3-1-2-4-8(7)9/h1-4H,5-6H2/i5D2. The molecule has 0 heterocycles. The molecular weight excluding hydrogens is 124 g/mol. The van der Waals surface area contributed by atoms with Crippen molar-refractivity contribution < 1.29 is 7.54 Å². The van der Waals surface area contributed by atoms with Crippen molar-refractivity contribution in [2.75, 3.05) is 0 Å². The van der Waals surface area contributed by atoms with Gasteiger partial charge in [0, 0.05) is 14.7 Å². The summed E-state index contributed by atoms with van der Waals surface area (Å²) in [5.74, 6) is -0.0874. The van der Waals surface area contributed by atoms with Crippen LogP contribution in [0.25, 0.3) is 0 Å². The first kappa shape index (κ1) is 3.91. The molecule has 2 rings (SSSR count). The van der Waals surface area contributed by atoms with Crippen LogP contribution in [-0.4, -0.2) is 5.78 Å². The van der Waals surface area contributed by atoms with E-state index in [0.29, 0.717) is 11.1 Å². The lowest BCUT2D eigenvalue weighted by Gasteiger charge is -1.92. The average molecular weight is 134 g/mol. The summed E-state index contributed by atoms with van der Waals surface area (Å²) >= 11 is 0. The van der Waals surface area contributed by atoms with Gasteiger partial charge in [0.25, 0.3) is 0 Å². The number of hydrogen-bond acceptors (Lipinski definition) is 1. The fourth-order valence-electron chi connectivity index (χ4n) is 1.15. The molecule has 10 heavy (non-hydrogen) atoms. The van der Waals surface area contributed by atoms with Crippen LogP contribution in [0.3, 0.4) is 0 Å². The molecule has 50 valence electrons. The molecule has 0 saturated heterocycles. The number of fused-ring (bicyclic) bond motifs is 1. The monoisotopic (exact) mass is 134 g/mol. The number of carbonyl (C=O) groups is 1. The second kappa shape index (κ2) is 1.94. The van der Waals surface area contributed by atoms with Gasteiger partial charge in [-0.15, -0.1) is 0 Å². The topological polar surface area (TPSA) is 17.1 Å². The minimum absolute atomic E-state index is 0.00759. The van der Waals surface area contributed by atoms with Gasteiger partial charge in [-0.05, 0) is 11.9 Å². The maximum absolute atomic E-state index is 11.2. The number of Topliss-reactive ketones (excluding diaryl/α,β-unsaturated/α-hetero) is 1. The van der Waals surface area contributed by atoms with Gasteiger partial charge in [-0.2, -0.15) is 0 Å². The first-order valence-corrected chi connectivity index (χ1v) is 3.24. The Balaban J connectivity index is 2.66. The predicted octanol–water partition coefficient (Wildman–Crippen LogP) is 1.82. The smallest absolute Gasteiger partial charge is 0.163 e. The Kier molecular flexibility index (Phi) is 0.760. The largest absolute Gasteiger partial charge is 0.294 e. The second-order valence-electron chi connectivity index (χ2n) is 2.32. The van der Waals surface area contributed by atoms with Crippen LogP contribution in [0.2, 0.25) is 0 Å². The molecule has 0 aromatic heterocycles. The molecule has 0 aliphatic heterocycles. The number of benzene rings is 1. The first-order valence-electron chi connectivity index (χ1n) is 4.24. The van der Waals surface area contributed by atoms with E-state index in [2.05, 4.69) is 0 Å². The van der Waals surface area contributed by atoms with E-state index in [1.165, 1.54) is 0 Å². The van der Waals surface area contributed by atoms with E-state index in [9.17, 15) is 4.79 Å². The molecule has 0 atom stereocenters. The number of aryl methyl sites for hydroxylation is 1. The van der Waals surface area contributed by atoms with Crippen molar-refractivity contribution in [3.8, 4) is 0 Å². The number of ketones is 1. The Morgan fingerprint density at radius 3 is 3.00 bits per heavy atom. The Labute approximate surface area is 62.5 Å². The lowest BCUT2D eigenvalue weighted by molar-refractivity contribution is 0.0994. The SMILES string of the molecule is [2H]C1([2H])CC(=O)c2ccccc21. The van der Waals surface area contributed by atoms with E-state index in [1.54, 1.807) is 24.3 Å². The van der Waals surface area contributed by atoms with Gasteiger partial charge in [-0.25, -0.2) is 0 Å². The summed E-state index contributed by atoms with van der Waals surface area (Å²) in [6, 6.07) is 6.89. The highest BCUT2D eigenvalue weighted by atomic mass is 16.1. The Hall–Kier alpha value is -1.11. The summed E-state index contributed by atoms with van der Waals surface area (Å²) in [4.78, 5) is 11.2. The van der Waals surface area contributed by atoms with Gasteiger partial charge in [0.15, 0.2) is 5.78 Å². The highest BCUT2D eigenvalue weighted by Gasteiger charge is 2.17. The highest BCUT2D eigenvalue weighted by molar-refractivity contribution is 6.00. The van der Waals surface area contributed by atoms with Crippen molar-refractivity contribution >= 4 is 5.78 Å². The fourth-order valence-corrected chi connectivity index (χ4v) is 1.15.